The molecule has 146 valence electrons. The van der Waals surface area contributed by atoms with Gasteiger partial charge in [-0.2, -0.15) is 23.3 Å². The van der Waals surface area contributed by atoms with E-state index < -0.39 is 17.3 Å². The third-order valence-corrected chi connectivity index (χ3v) is 4.86. The molecule has 0 bridgehead atoms. The van der Waals surface area contributed by atoms with Crippen LogP contribution < -0.4 is 10.9 Å². The molecule has 1 aliphatic rings. The minimum Gasteiger partial charge on any atom is -0.353 e. The van der Waals surface area contributed by atoms with Gasteiger partial charge in [0.1, 0.15) is 5.39 Å². The molecule has 1 atom stereocenters. The number of hydrogen-bond donors (Lipinski definition) is 1. The van der Waals surface area contributed by atoms with E-state index in [0.29, 0.717) is 34.8 Å². The van der Waals surface area contributed by atoms with Gasteiger partial charge < -0.3 is 5.32 Å². The molecule has 0 fully saturated rings. The van der Waals surface area contributed by atoms with Gasteiger partial charge in [-0.15, -0.1) is 0 Å². The maximum absolute atomic E-state index is 13.1. The Morgan fingerprint density at radius 3 is 2.82 bits per heavy atom. The first kappa shape index (κ1) is 18.3. The van der Waals surface area contributed by atoms with E-state index in [1.165, 1.54) is 16.9 Å². The number of allylic oxidation sites excluding steroid dienone is 1. The number of benzene rings is 1. The average molecular weight is 389 g/mol. The lowest BCUT2D eigenvalue weighted by molar-refractivity contribution is -0.137. The number of nitrogens with zero attached hydrogens (tertiary/aromatic N) is 4. The summed E-state index contributed by atoms with van der Waals surface area (Å²) >= 11 is 0. The van der Waals surface area contributed by atoms with Crippen LogP contribution in [0.25, 0.3) is 16.7 Å². The summed E-state index contributed by atoms with van der Waals surface area (Å²) in [5.74, 6) is 0.424. The summed E-state index contributed by atoms with van der Waals surface area (Å²) in [6.45, 7) is 4.36. The highest BCUT2D eigenvalue weighted by molar-refractivity contribution is 5.83. The summed E-state index contributed by atoms with van der Waals surface area (Å²) in [7, 11) is 0. The molecule has 0 saturated carbocycles. The van der Waals surface area contributed by atoms with Crippen molar-refractivity contribution in [2.75, 3.05) is 5.32 Å². The first-order chi connectivity index (χ1) is 13.3. The van der Waals surface area contributed by atoms with Crippen LogP contribution >= 0.6 is 0 Å². The summed E-state index contributed by atoms with van der Waals surface area (Å²) in [6, 6.07) is 5.19. The fourth-order valence-electron chi connectivity index (χ4n) is 3.21. The highest BCUT2D eigenvalue weighted by Gasteiger charge is 2.31. The molecule has 28 heavy (non-hydrogen) atoms. The number of nitrogens with one attached hydrogen (secondary N) is 1. The first-order valence-corrected chi connectivity index (χ1v) is 8.93. The zero-order valence-electron chi connectivity index (χ0n) is 15.3. The highest BCUT2D eigenvalue weighted by atomic mass is 19.4. The predicted octanol–water partition coefficient (Wildman–Crippen LogP) is 3.73. The molecule has 3 aromatic rings. The van der Waals surface area contributed by atoms with Crippen LogP contribution in [-0.4, -0.2) is 25.4 Å². The van der Waals surface area contributed by atoms with Crippen LogP contribution in [0.15, 0.2) is 41.3 Å². The van der Waals surface area contributed by atoms with Gasteiger partial charge in [-0.1, -0.05) is 19.1 Å². The van der Waals surface area contributed by atoms with Crippen molar-refractivity contribution >= 4 is 22.7 Å². The summed E-state index contributed by atoms with van der Waals surface area (Å²) in [6.07, 6.45) is -0.404. The van der Waals surface area contributed by atoms with Crippen molar-refractivity contribution in [1.82, 2.24) is 19.3 Å². The van der Waals surface area contributed by atoms with E-state index >= 15 is 0 Å². The lowest BCUT2D eigenvalue weighted by Gasteiger charge is -2.23. The molecule has 2 aromatic heterocycles. The molecule has 1 aliphatic heterocycles. The third-order valence-electron chi connectivity index (χ3n) is 4.86. The molecule has 0 spiro atoms. The Bertz CT molecular complexity index is 1140. The first-order valence-electron chi connectivity index (χ1n) is 8.93. The van der Waals surface area contributed by atoms with Gasteiger partial charge in [-0.25, -0.2) is 4.68 Å². The third kappa shape index (κ3) is 2.96. The molecule has 3 heterocycles. The minimum atomic E-state index is -4.43. The zero-order valence-corrected chi connectivity index (χ0v) is 15.3. The number of alkyl halides is 3. The van der Waals surface area contributed by atoms with Gasteiger partial charge in [0.15, 0.2) is 5.65 Å². The van der Waals surface area contributed by atoms with Crippen molar-refractivity contribution in [3.63, 3.8) is 0 Å². The monoisotopic (exact) mass is 389 g/mol. The van der Waals surface area contributed by atoms with E-state index in [4.69, 9.17) is 0 Å². The van der Waals surface area contributed by atoms with Crippen LogP contribution in [0, 0.1) is 0 Å². The van der Waals surface area contributed by atoms with Crippen LogP contribution in [-0.2, 0) is 12.7 Å². The number of aromatic nitrogens is 4. The number of rotatable bonds is 4. The van der Waals surface area contributed by atoms with Gasteiger partial charge in [0.05, 0.1) is 17.5 Å². The van der Waals surface area contributed by atoms with Crippen molar-refractivity contribution in [3.8, 4) is 0 Å². The van der Waals surface area contributed by atoms with Crippen molar-refractivity contribution in [2.24, 2.45) is 0 Å². The van der Waals surface area contributed by atoms with E-state index in [1.54, 1.807) is 12.1 Å². The quantitative estimate of drug-likeness (QED) is 0.739. The smallest absolute Gasteiger partial charge is 0.353 e. The maximum atomic E-state index is 13.1. The Labute approximate surface area is 158 Å². The van der Waals surface area contributed by atoms with E-state index in [2.05, 4.69) is 15.4 Å². The van der Waals surface area contributed by atoms with Gasteiger partial charge in [-0.3, -0.25) is 9.36 Å². The maximum Gasteiger partial charge on any atom is 0.416 e. The molecular weight excluding hydrogens is 371 g/mol. The van der Waals surface area contributed by atoms with Crippen LogP contribution in [0.1, 0.15) is 31.4 Å². The fraction of sp³-hybridized carbons (Fsp3) is 0.316. The van der Waals surface area contributed by atoms with Gasteiger partial charge >= 0.3 is 6.18 Å². The van der Waals surface area contributed by atoms with E-state index in [9.17, 15) is 18.0 Å². The van der Waals surface area contributed by atoms with Gasteiger partial charge in [-0.05, 0) is 31.6 Å². The molecule has 4 rings (SSSR count). The molecule has 1 N–H and O–H groups in total. The molecular formula is C19H18F3N5O. The predicted molar refractivity (Wildman–Crippen MR) is 100.0 cm³/mol. The minimum absolute atomic E-state index is 0.110. The second-order valence-corrected chi connectivity index (χ2v) is 6.77. The summed E-state index contributed by atoms with van der Waals surface area (Å²) in [5.41, 5.74) is 0.244. The molecule has 0 radical (unpaired) electrons. The van der Waals surface area contributed by atoms with Crippen molar-refractivity contribution < 1.29 is 13.2 Å². The van der Waals surface area contributed by atoms with Crippen LogP contribution in [0.4, 0.5) is 19.1 Å². The van der Waals surface area contributed by atoms with Crippen LogP contribution in [0.5, 0.6) is 0 Å². The fourth-order valence-corrected chi connectivity index (χ4v) is 3.21. The van der Waals surface area contributed by atoms with Crippen LogP contribution in [0.3, 0.4) is 0 Å². The Morgan fingerprint density at radius 1 is 1.32 bits per heavy atom. The lowest BCUT2D eigenvalue weighted by atomic mass is 10.1. The van der Waals surface area contributed by atoms with E-state index in [0.717, 1.165) is 18.6 Å². The second kappa shape index (κ2) is 6.50. The zero-order chi connectivity index (χ0) is 20.1. The molecule has 6 nitrogen and oxygen atoms in total. The number of halogens is 3. The lowest BCUT2D eigenvalue weighted by Crippen LogP contribution is -2.26. The molecule has 1 aromatic carbocycles. The summed E-state index contributed by atoms with van der Waals surface area (Å²) in [5, 5.41) is 7.79. The second-order valence-electron chi connectivity index (χ2n) is 6.77. The number of anilines is 1. The van der Waals surface area contributed by atoms with E-state index in [-0.39, 0.29) is 6.04 Å². The van der Waals surface area contributed by atoms with Gasteiger partial charge in [0.25, 0.3) is 5.56 Å². The molecule has 0 amide bonds. The molecule has 0 saturated heterocycles. The average Bonchev–Trinajstić information content (AvgIpc) is 3.11. The molecule has 0 aliphatic carbocycles. The van der Waals surface area contributed by atoms with Gasteiger partial charge in [0, 0.05) is 18.2 Å². The van der Waals surface area contributed by atoms with Gasteiger partial charge in [0.2, 0.25) is 5.95 Å². The van der Waals surface area contributed by atoms with Crippen molar-refractivity contribution in [1.29, 1.82) is 0 Å². The Morgan fingerprint density at radius 2 is 2.11 bits per heavy atom. The SMILES string of the molecule is CCC(C)Nc1nc(=O)c2cnn3c2n1CC=C3c1cccc(C(F)(F)F)c1. The molecule has 1 unspecified atom stereocenters. The van der Waals surface area contributed by atoms with E-state index in [1.807, 2.05) is 18.4 Å². The molecule has 9 heteroatoms. The number of hydrogen-bond acceptors (Lipinski definition) is 4. The highest BCUT2D eigenvalue weighted by Crippen LogP contribution is 2.33. The Kier molecular flexibility index (Phi) is 4.24. The normalized spacial score (nSPS) is 14.8. The van der Waals surface area contributed by atoms with Crippen LogP contribution in [0.2, 0.25) is 0 Å². The summed E-state index contributed by atoms with van der Waals surface area (Å²) in [4.78, 5) is 16.5. The standard InChI is InChI=1S/C19H18F3N5O/c1-3-11(2)24-18-25-16(28)14-10-23-27-15(7-8-26(18)17(14)27)12-5-4-6-13(9-12)19(20,21)22/h4-7,9-11H,3,8H2,1-2H3,(H,24,25,28). The largest absolute Gasteiger partial charge is 0.416 e. The summed E-state index contributed by atoms with van der Waals surface area (Å²) < 4.78 is 42.6. The topological polar surface area (TPSA) is 64.7 Å². The Hall–Kier alpha value is -3.10. The van der Waals surface area contributed by atoms with Crippen molar-refractivity contribution in [3.05, 3.63) is 58.0 Å². The Balaban J connectivity index is 1.86. The van der Waals surface area contributed by atoms with Crippen molar-refractivity contribution in [2.45, 2.75) is 39.0 Å².